The molecule has 0 radical (unpaired) electrons. The molecular formula is C17H16N4O5S. The molecule has 0 saturated carbocycles. The molecule has 0 unspecified atom stereocenters. The Morgan fingerprint density at radius 2 is 1.78 bits per heavy atom. The molecule has 3 aromatic rings. The van der Waals surface area contributed by atoms with E-state index in [1.807, 2.05) is 0 Å². The molecule has 2 aromatic heterocycles. The normalized spacial score (nSPS) is 10.3. The Morgan fingerprint density at radius 1 is 1.07 bits per heavy atom. The predicted molar refractivity (Wildman–Crippen MR) is 101 cm³/mol. The standard InChI is InChI=1S/C17H16N4O5S/c1-24-12-8-10(9-13(25-2)16(12)26-3)19-17-18-7-6-11(20-17)14-4-5-15(27-14)21(22)23/h4-9H,1-3H3,(H,18,19,20). The minimum atomic E-state index is -0.426. The van der Waals surface area contributed by atoms with Gasteiger partial charge in [0.1, 0.15) is 0 Å². The molecule has 0 spiro atoms. The third-order valence-corrected chi connectivity index (χ3v) is 4.66. The van der Waals surface area contributed by atoms with E-state index in [2.05, 4.69) is 15.3 Å². The lowest BCUT2D eigenvalue weighted by molar-refractivity contribution is -0.380. The molecule has 27 heavy (non-hydrogen) atoms. The number of nitrogens with zero attached hydrogens (tertiary/aromatic N) is 3. The Labute approximate surface area is 158 Å². The summed E-state index contributed by atoms with van der Waals surface area (Å²) < 4.78 is 16.0. The molecule has 0 bridgehead atoms. The highest BCUT2D eigenvalue weighted by molar-refractivity contribution is 7.18. The van der Waals surface area contributed by atoms with Crippen molar-refractivity contribution >= 4 is 28.0 Å². The van der Waals surface area contributed by atoms with Crippen molar-refractivity contribution in [3.63, 3.8) is 0 Å². The number of aromatic nitrogens is 2. The average Bonchev–Trinajstić information content (AvgIpc) is 3.18. The number of nitrogens with one attached hydrogen (secondary N) is 1. The topological polar surface area (TPSA) is 109 Å². The van der Waals surface area contributed by atoms with E-state index in [9.17, 15) is 10.1 Å². The van der Waals surface area contributed by atoms with Crippen LogP contribution in [-0.2, 0) is 0 Å². The predicted octanol–water partition coefficient (Wildman–Crippen LogP) is 3.88. The summed E-state index contributed by atoms with van der Waals surface area (Å²) in [4.78, 5) is 19.7. The van der Waals surface area contributed by atoms with E-state index in [1.54, 1.807) is 30.5 Å². The zero-order chi connectivity index (χ0) is 19.4. The lowest BCUT2D eigenvalue weighted by Crippen LogP contribution is -2.00. The summed E-state index contributed by atoms with van der Waals surface area (Å²) in [6.07, 6.45) is 1.58. The van der Waals surface area contributed by atoms with Crippen molar-refractivity contribution in [1.82, 2.24) is 9.97 Å². The maximum atomic E-state index is 10.9. The molecule has 10 heteroatoms. The number of rotatable bonds is 7. The van der Waals surface area contributed by atoms with Crippen LogP contribution in [0.25, 0.3) is 10.6 Å². The number of methoxy groups -OCH3 is 3. The fourth-order valence-electron chi connectivity index (χ4n) is 2.40. The molecule has 0 amide bonds. The second-order valence-electron chi connectivity index (χ2n) is 5.20. The Kier molecular flexibility index (Phi) is 5.36. The van der Waals surface area contributed by atoms with Crippen LogP contribution in [0.4, 0.5) is 16.6 Å². The van der Waals surface area contributed by atoms with E-state index in [-0.39, 0.29) is 5.00 Å². The van der Waals surface area contributed by atoms with Crippen LogP contribution in [0.2, 0.25) is 0 Å². The van der Waals surface area contributed by atoms with Gasteiger partial charge in [-0.3, -0.25) is 10.1 Å². The van der Waals surface area contributed by atoms with E-state index in [0.717, 1.165) is 11.3 Å². The van der Waals surface area contributed by atoms with Crippen LogP contribution in [0, 0.1) is 10.1 Å². The van der Waals surface area contributed by atoms with E-state index in [0.29, 0.717) is 39.5 Å². The highest BCUT2D eigenvalue weighted by Crippen LogP contribution is 2.40. The van der Waals surface area contributed by atoms with Crippen molar-refractivity contribution in [2.75, 3.05) is 26.6 Å². The van der Waals surface area contributed by atoms with Crippen molar-refractivity contribution < 1.29 is 19.1 Å². The van der Waals surface area contributed by atoms with E-state index in [4.69, 9.17) is 14.2 Å². The Hall–Kier alpha value is -3.40. The number of nitro groups is 1. The summed E-state index contributed by atoms with van der Waals surface area (Å²) in [5, 5.41) is 14.0. The Bertz CT molecular complexity index is 950. The zero-order valence-electron chi connectivity index (χ0n) is 14.8. The second kappa shape index (κ2) is 7.87. The van der Waals surface area contributed by atoms with Crippen LogP contribution in [0.1, 0.15) is 0 Å². The number of benzene rings is 1. The molecule has 1 N–H and O–H groups in total. The average molecular weight is 388 g/mol. The molecule has 0 aliphatic rings. The highest BCUT2D eigenvalue weighted by atomic mass is 32.1. The summed E-state index contributed by atoms with van der Waals surface area (Å²) in [5.74, 6) is 1.79. The molecule has 0 saturated heterocycles. The molecule has 0 aliphatic carbocycles. The van der Waals surface area contributed by atoms with E-state index in [1.165, 1.54) is 27.4 Å². The number of hydrogen-bond donors (Lipinski definition) is 1. The first-order valence-corrected chi connectivity index (χ1v) is 8.52. The van der Waals surface area contributed by atoms with Gasteiger partial charge in [0.05, 0.1) is 36.8 Å². The molecule has 2 heterocycles. The van der Waals surface area contributed by atoms with Crippen LogP contribution in [0.3, 0.4) is 0 Å². The minimum absolute atomic E-state index is 0.0581. The third kappa shape index (κ3) is 3.90. The van der Waals surface area contributed by atoms with Crippen molar-refractivity contribution in [2.24, 2.45) is 0 Å². The molecule has 140 valence electrons. The summed E-state index contributed by atoms with van der Waals surface area (Å²) in [6, 6.07) is 8.26. The van der Waals surface area contributed by atoms with Crippen LogP contribution in [-0.4, -0.2) is 36.2 Å². The largest absolute Gasteiger partial charge is 0.493 e. The molecule has 0 atom stereocenters. The van der Waals surface area contributed by atoms with E-state index < -0.39 is 4.92 Å². The van der Waals surface area contributed by atoms with Gasteiger partial charge in [0.25, 0.3) is 0 Å². The van der Waals surface area contributed by atoms with Crippen LogP contribution in [0.5, 0.6) is 17.2 Å². The highest BCUT2D eigenvalue weighted by Gasteiger charge is 2.15. The van der Waals surface area contributed by atoms with Gasteiger partial charge in [0.15, 0.2) is 11.5 Å². The van der Waals surface area contributed by atoms with Gasteiger partial charge < -0.3 is 19.5 Å². The van der Waals surface area contributed by atoms with Gasteiger partial charge in [-0.25, -0.2) is 9.97 Å². The monoisotopic (exact) mass is 388 g/mol. The van der Waals surface area contributed by atoms with Gasteiger partial charge in [-0.15, -0.1) is 0 Å². The van der Waals surface area contributed by atoms with Gasteiger partial charge in [0, 0.05) is 30.1 Å². The minimum Gasteiger partial charge on any atom is -0.493 e. The van der Waals surface area contributed by atoms with Crippen molar-refractivity contribution in [3.05, 3.63) is 46.6 Å². The third-order valence-electron chi connectivity index (χ3n) is 3.60. The quantitative estimate of drug-likeness (QED) is 0.480. The molecule has 1 aromatic carbocycles. The van der Waals surface area contributed by atoms with Crippen molar-refractivity contribution in [1.29, 1.82) is 0 Å². The van der Waals surface area contributed by atoms with Gasteiger partial charge in [-0.05, 0) is 12.1 Å². The SMILES string of the molecule is COc1cc(Nc2nccc(-c3ccc([N+](=O)[O-])s3)n2)cc(OC)c1OC. The maximum Gasteiger partial charge on any atom is 0.324 e. The fourth-order valence-corrected chi connectivity index (χ4v) is 3.19. The Morgan fingerprint density at radius 3 is 2.33 bits per heavy atom. The number of thiophene rings is 1. The fraction of sp³-hybridized carbons (Fsp3) is 0.176. The summed E-state index contributed by atoms with van der Waals surface area (Å²) in [5.41, 5.74) is 1.22. The molecule has 9 nitrogen and oxygen atoms in total. The van der Waals surface area contributed by atoms with Crippen molar-refractivity contribution in [3.8, 4) is 27.8 Å². The molecular weight excluding hydrogens is 372 g/mol. The van der Waals surface area contributed by atoms with Gasteiger partial charge in [-0.2, -0.15) is 0 Å². The first kappa shape index (κ1) is 18.4. The summed E-state index contributed by atoms with van der Waals surface area (Å²) >= 11 is 1.05. The Balaban J connectivity index is 1.91. The molecule has 0 aliphatic heterocycles. The lowest BCUT2D eigenvalue weighted by atomic mass is 10.2. The first-order valence-electron chi connectivity index (χ1n) is 7.70. The number of anilines is 2. The maximum absolute atomic E-state index is 10.9. The number of ether oxygens (including phenoxy) is 3. The first-order chi connectivity index (χ1) is 13.0. The lowest BCUT2D eigenvalue weighted by Gasteiger charge is -2.14. The molecule has 3 rings (SSSR count). The van der Waals surface area contributed by atoms with Crippen molar-refractivity contribution in [2.45, 2.75) is 0 Å². The smallest absolute Gasteiger partial charge is 0.324 e. The van der Waals surface area contributed by atoms with Gasteiger partial charge in [0.2, 0.25) is 11.7 Å². The second-order valence-corrected chi connectivity index (χ2v) is 6.26. The van der Waals surface area contributed by atoms with Crippen LogP contribution >= 0.6 is 11.3 Å². The zero-order valence-corrected chi connectivity index (χ0v) is 15.6. The van der Waals surface area contributed by atoms with Gasteiger partial charge in [-0.1, -0.05) is 11.3 Å². The van der Waals surface area contributed by atoms with Crippen LogP contribution < -0.4 is 19.5 Å². The molecule has 0 fully saturated rings. The van der Waals surface area contributed by atoms with Crippen LogP contribution in [0.15, 0.2) is 36.5 Å². The number of hydrogen-bond acceptors (Lipinski definition) is 9. The van der Waals surface area contributed by atoms with Gasteiger partial charge >= 0.3 is 5.00 Å². The van der Waals surface area contributed by atoms with E-state index >= 15 is 0 Å². The summed E-state index contributed by atoms with van der Waals surface area (Å²) in [7, 11) is 4.59. The summed E-state index contributed by atoms with van der Waals surface area (Å²) in [6.45, 7) is 0.